The highest BCUT2D eigenvalue weighted by molar-refractivity contribution is 5.66. The van der Waals surface area contributed by atoms with Gasteiger partial charge in [-0.15, -0.1) is 0 Å². The molecule has 0 spiro atoms. The second-order valence-corrected chi connectivity index (χ2v) is 4.87. The number of benzene rings is 1. The van der Waals surface area contributed by atoms with Crippen LogP contribution in [0.2, 0.25) is 0 Å². The first-order chi connectivity index (χ1) is 8.25. The molecule has 1 aliphatic heterocycles. The van der Waals surface area contributed by atoms with Crippen LogP contribution in [0.5, 0.6) is 0 Å². The second-order valence-electron chi connectivity index (χ2n) is 4.87. The van der Waals surface area contributed by atoms with E-state index in [0.29, 0.717) is 0 Å². The summed E-state index contributed by atoms with van der Waals surface area (Å²) in [6, 6.07) is 8.67. The average Bonchev–Trinajstić information content (AvgIpc) is 2.51. The van der Waals surface area contributed by atoms with Gasteiger partial charge >= 0.3 is 0 Å². The highest BCUT2D eigenvalue weighted by Gasteiger charge is 2.20. The summed E-state index contributed by atoms with van der Waals surface area (Å²) >= 11 is 0. The Morgan fingerprint density at radius 2 is 2.00 bits per heavy atom. The molecule has 3 rings (SSSR count). The third-order valence-electron chi connectivity index (χ3n) is 3.56. The average molecular weight is 223 g/mol. The van der Waals surface area contributed by atoms with Gasteiger partial charge in [0.2, 0.25) is 0 Å². The standard InChI is InChI=1S/C16H17N/c1-12-6-5-9-16-14(10-12)11-13-7-3-4-8-15(13)17(16)2/h3-5,7-10H,6,11H2,1-2H3. The van der Waals surface area contributed by atoms with E-state index in [4.69, 9.17) is 0 Å². The molecule has 0 atom stereocenters. The molecular formula is C16H17N. The van der Waals surface area contributed by atoms with Crippen LogP contribution in [0.4, 0.5) is 5.69 Å². The molecule has 1 heterocycles. The number of nitrogens with zero attached hydrogens (tertiary/aromatic N) is 1. The minimum absolute atomic E-state index is 1.05. The lowest BCUT2D eigenvalue weighted by Gasteiger charge is -2.30. The van der Waals surface area contributed by atoms with Crippen LogP contribution in [0.1, 0.15) is 18.9 Å². The van der Waals surface area contributed by atoms with Crippen LogP contribution in [0.3, 0.4) is 0 Å². The number of allylic oxidation sites excluding steroid dienone is 5. The third kappa shape index (κ3) is 1.72. The first-order valence-corrected chi connectivity index (χ1v) is 6.14. The zero-order chi connectivity index (χ0) is 11.8. The number of rotatable bonds is 0. The second kappa shape index (κ2) is 3.92. The van der Waals surface area contributed by atoms with E-state index in [0.717, 1.165) is 12.8 Å². The van der Waals surface area contributed by atoms with Crippen molar-refractivity contribution in [2.45, 2.75) is 19.8 Å². The number of hydrogen-bond acceptors (Lipinski definition) is 1. The Labute approximate surface area is 103 Å². The molecule has 86 valence electrons. The highest BCUT2D eigenvalue weighted by atomic mass is 15.1. The fraction of sp³-hybridized carbons (Fsp3) is 0.250. The van der Waals surface area contributed by atoms with Gasteiger partial charge in [0, 0.05) is 24.9 Å². The molecule has 1 aromatic rings. The van der Waals surface area contributed by atoms with Gasteiger partial charge in [-0.05, 0) is 36.6 Å². The summed E-state index contributed by atoms with van der Waals surface area (Å²) in [5.41, 5.74) is 6.99. The Morgan fingerprint density at radius 3 is 2.88 bits per heavy atom. The summed E-state index contributed by atoms with van der Waals surface area (Å²) in [7, 11) is 2.16. The van der Waals surface area contributed by atoms with Gasteiger partial charge in [-0.25, -0.2) is 0 Å². The van der Waals surface area contributed by atoms with Crippen LogP contribution in [0, 0.1) is 0 Å². The van der Waals surface area contributed by atoms with E-state index < -0.39 is 0 Å². The summed E-state index contributed by atoms with van der Waals surface area (Å²) in [6.45, 7) is 2.21. The smallest absolute Gasteiger partial charge is 0.0444 e. The van der Waals surface area contributed by atoms with E-state index >= 15 is 0 Å². The predicted octanol–water partition coefficient (Wildman–Crippen LogP) is 3.84. The molecule has 0 fully saturated rings. The van der Waals surface area contributed by atoms with Gasteiger partial charge < -0.3 is 4.90 Å². The molecule has 0 amide bonds. The van der Waals surface area contributed by atoms with Gasteiger partial charge in [0.25, 0.3) is 0 Å². The Kier molecular flexibility index (Phi) is 2.40. The molecule has 0 N–H and O–H groups in total. The molecule has 0 saturated heterocycles. The van der Waals surface area contributed by atoms with Crippen molar-refractivity contribution in [3.05, 3.63) is 64.9 Å². The first-order valence-electron chi connectivity index (χ1n) is 6.14. The Hall–Kier alpha value is -1.76. The van der Waals surface area contributed by atoms with Crippen molar-refractivity contribution >= 4 is 5.69 Å². The van der Waals surface area contributed by atoms with Crippen molar-refractivity contribution in [2.24, 2.45) is 0 Å². The van der Waals surface area contributed by atoms with E-state index in [9.17, 15) is 0 Å². The molecule has 1 nitrogen and oxygen atoms in total. The molecule has 0 bridgehead atoms. The number of likely N-dealkylation sites (N-methyl/N-ethyl adjacent to an activating group) is 1. The zero-order valence-electron chi connectivity index (χ0n) is 10.4. The quantitative estimate of drug-likeness (QED) is 0.646. The molecule has 0 unspecified atom stereocenters. The first kappa shape index (κ1) is 10.4. The van der Waals surface area contributed by atoms with Crippen LogP contribution < -0.4 is 4.90 Å². The summed E-state index contributed by atoms with van der Waals surface area (Å²) in [6.07, 6.45) is 8.99. The van der Waals surface area contributed by atoms with Gasteiger partial charge in [0.15, 0.2) is 0 Å². The van der Waals surface area contributed by atoms with Crippen molar-refractivity contribution in [1.29, 1.82) is 0 Å². The van der Waals surface area contributed by atoms with E-state index in [1.54, 1.807) is 0 Å². The number of fused-ring (bicyclic) bond motifs is 1. The van der Waals surface area contributed by atoms with Crippen LogP contribution in [-0.2, 0) is 6.42 Å². The highest BCUT2D eigenvalue weighted by Crippen LogP contribution is 2.34. The molecule has 2 aliphatic rings. The van der Waals surface area contributed by atoms with Gasteiger partial charge in [-0.1, -0.05) is 35.9 Å². The van der Waals surface area contributed by atoms with Crippen molar-refractivity contribution in [3.8, 4) is 0 Å². The number of anilines is 1. The van der Waals surface area contributed by atoms with Crippen LogP contribution in [-0.4, -0.2) is 7.05 Å². The summed E-state index contributed by atoms with van der Waals surface area (Å²) in [4.78, 5) is 2.31. The van der Waals surface area contributed by atoms with Crippen molar-refractivity contribution < 1.29 is 0 Å². The molecule has 0 aromatic heterocycles. The topological polar surface area (TPSA) is 3.24 Å². The van der Waals surface area contributed by atoms with E-state index in [1.165, 1.54) is 28.1 Å². The monoisotopic (exact) mass is 223 g/mol. The molecule has 1 aliphatic carbocycles. The maximum absolute atomic E-state index is 2.35. The van der Waals surface area contributed by atoms with Gasteiger partial charge in [-0.2, -0.15) is 0 Å². The maximum atomic E-state index is 2.35. The van der Waals surface area contributed by atoms with Crippen LogP contribution >= 0.6 is 0 Å². The molecule has 1 aromatic carbocycles. The number of para-hydroxylation sites is 1. The van der Waals surface area contributed by atoms with E-state index in [1.807, 2.05) is 0 Å². The van der Waals surface area contributed by atoms with Crippen LogP contribution in [0.15, 0.2) is 59.3 Å². The molecule has 0 radical (unpaired) electrons. The van der Waals surface area contributed by atoms with Crippen LogP contribution in [0.25, 0.3) is 0 Å². The summed E-state index contributed by atoms with van der Waals surface area (Å²) in [5.74, 6) is 0. The summed E-state index contributed by atoms with van der Waals surface area (Å²) in [5, 5.41) is 0. The van der Waals surface area contributed by atoms with E-state index in [-0.39, 0.29) is 0 Å². The fourth-order valence-corrected chi connectivity index (χ4v) is 2.69. The van der Waals surface area contributed by atoms with Crippen molar-refractivity contribution in [1.82, 2.24) is 0 Å². The lowest BCUT2D eigenvalue weighted by Crippen LogP contribution is -2.22. The Bertz CT molecular complexity index is 546. The SMILES string of the molecule is CC1=CC2=C(C=CC1)N(C)c1ccccc1C2. The molecule has 1 heteroatoms. The summed E-state index contributed by atoms with van der Waals surface area (Å²) < 4.78 is 0. The van der Waals surface area contributed by atoms with Gasteiger partial charge in [0.05, 0.1) is 0 Å². The lowest BCUT2D eigenvalue weighted by atomic mass is 9.95. The van der Waals surface area contributed by atoms with Crippen molar-refractivity contribution in [3.63, 3.8) is 0 Å². The molecular weight excluding hydrogens is 206 g/mol. The van der Waals surface area contributed by atoms with Gasteiger partial charge in [-0.3, -0.25) is 0 Å². The minimum Gasteiger partial charge on any atom is -0.344 e. The fourth-order valence-electron chi connectivity index (χ4n) is 2.69. The van der Waals surface area contributed by atoms with Crippen molar-refractivity contribution in [2.75, 3.05) is 11.9 Å². The molecule has 17 heavy (non-hydrogen) atoms. The minimum atomic E-state index is 1.05. The predicted molar refractivity (Wildman–Crippen MR) is 73.1 cm³/mol. The Morgan fingerprint density at radius 1 is 1.18 bits per heavy atom. The largest absolute Gasteiger partial charge is 0.344 e. The van der Waals surface area contributed by atoms with E-state index in [2.05, 4.69) is 61.4 Å². The number of hydrogen-bond donors (Lipinski definition) is 0. The third-order valence-corrected chi connectivity index (χ3v) is 3.56. The zero-order valence-corrected chi connectivity index (χ0v) is 10.4. The normalized spacial score (nSPS) is 18.5. The lowest BCUT2D eigenvalue weighted by molar-refractivity contribution is 1.00. The Balaban J connectivity index is 2.14. The molecule has 0 saturated carbocycles. The maximum Gasteiger partial charge on any atom is 0.0444 e. The van der Waals surface area contributed by atoms with Gasteiger partial charge in [0.1, 0.15) is 0 Å².